The van der Waals surface area contributed by atoms with E-state index in [1.165, 1.54) is 0 Å². The molecule has 0 radical (unpaired) electrons. The van der Waals surface area contributed by atoms with E-state index in [0.717, 1.165) is 38.5 Å². The van der Waals surface area contributed by atoms with E-state index in [1.54, 1.807) is 0 Å². The zero-order chi connectivity index (χ0) is 16.6. The van der Waals surface area contributed by atoms with E-state index in [9.17, 15) is 14.4 Å². The number of hydrogen-bond donors (Lipinski definition) is 0. The monoisotopic (exact) mass is 306 g/mol. The third kappa shape index (κ3) is 13.5. The minimum atomic E-state index is 0.0267. The SMILES string of the molecule is C=CCCCCC(=O)CCC(=O)CCC(=O)CCCCC=C. The Morgan fingerprint density at radius 3 is 1.18 bits per heavy atom. The van der Waals surface area contributed by atoms with E-state index >= 15 is 0 Å². The van der Waals surface area contributed by atoms with Crippen molar-refractivity contribution in [2.75, 3.05) is 0 Å². The lowest BCUT2D eigenvalue weighted by atomic mass is 10.0. The Balaban J connectivity index is 3.59. The number of ketones is 3. The average molecular weight is 306 g/mol. The highest BCUT2D eigenvalue weighted by atomic mass is 16.1. The molecule has 0 aromatic rings. The highest BCUT2D eigenvalue weighted by Gasteiger charge is 2.09. The summed E-state index contributed by atoms with van der Waals surface area (Å²) in [4.78, 5) is 34.9. The largest absolute Gasteiger partial charge is 0.300 e. The van der Waals surface area contributed by atoms with Crippen LogP contribution in [0.1, 0.15) is 77.0 Å². The van der Waals surface area contributed by atoms with E-state index in [2.05, 4.69) is 13.2 Å². The van der Waals surface area contributed by atoms with Gasteiger partial charge in [-0.05, 0) is 38.5 Å². The van der Waals surface area contributed by atoms with Gasteiger partial charge in [-0.3, -0.25) is 14.4 Å². The van der Waals surface area contributed by atoms with Crippen LogP contribution in [0.2, 0.25) is 0 Å². The molecule has 0 fully saturated rings. The molecule has 0 spiro atoms. The molecule has 0 rings (SSSR count). The van der Waals surface area contributed by atoms with Gasteiger partial charge in [-0.25, -0.2) is 0 Å². The average Bonchev–Trinajstić information content (AvgIpc) is 2.51. The van der Waals surface area contributed by atoms with Gasteiger partial charge in [0.2, 0.25) is 0 Å². The maximum Gasteiger partial charge on any atom is 0.133 e. The lowest BCUT2D eigenvalue weighted by Crippen LogP contribution is -2.07. The van der Waals surface area contributed by atoms with Crippen LogP contribution >= 0.6 is 0 Å². The first-order valence-electron chi connectivity index (χ1n) is 8.37. The Kier molecular flexibility index (Phi) is 13.4. The number of carbonyl (C=O) groups is 3. The second kappa shape index (κ2) is 14.4. The van der Waals surface area contributed by atoms with Gasteiger partial charge in [-0.1, -0.05) is 12.2 Å². The molecule has 0 N–H and O–H groups in total. The van der Waals surface area contributed by atoms with Crippen molar-refractivity contribution in [2.45, 2.75) is 77.0 Å². The maximum absolute atomic E-state index is 11.7. The Bertz CT molecular complexity index is 335. The second-order valence-corrected chi connectivity index (χ2v) is 5.68. The zero-order valence-electron chi connectivity index (χ0n) is 13.8. The van der Waals surface area contributed by atoms with E-state index in [4.69, 9.17) is 0 Å². The van der Waals surface area contributed by atoms with Crippen molar-refractivity contribution < 1.29 is 14.4 Å². The number of allylic oxidation sites excluding steroid dienone is 2. The van der Waals surface area contributed by atoms with Crippen molar-refractivity contribution in [1.29, 1.82) is 0 Å². The molecule has 0 aromatic heterocycles. The summed E-state index contributed by atoms with van der Waals surface area (Å²) in [7, 11) is 0. The third-order valence-electron chi connectivity index (χ3n) is 3.59. The highest BCUT2D eigenvalue weighted by Crippen LogP contribution is 2.08. The van der Waals surface area contributed by atoms with Crippen molar-refractivity contribution in [3.8, 4) is 0 Å². The molecule has 0 aliphatic carbocycles. The van der Waals surface area contributed by atoms with Crippen LogP contribution in [-0.4, -0.2) is 17.3 Å². The maximum atomic E-state index is 11.7. The molecule has 3 heteroatoms. The predicted molar refractivity (Wildman–Crippen MR) is 90.8 cm³/mol. The van der Waals surface area contributed by atoms with Crippen LogP contribution in [0.4, 0.5) is 0 Å². The van der Waals surface area contributed by atoms with Gasteiger partial charge in [0.05, 0.1) is 0 Å². The topological polar surface area (TPSA) is 51.2 Å². The van der Waals surface area contributed by atoms with Crippen molar-refractivity contribution in [1.82, 2.24) is 0 Å². The van der Waals surface area contributed by atoms with E-state index in [0.29, 0.717) is 25.7 Å². The number of Topliss-reactive ketones (excluding diaryl/α,β-unsaturated/α-hetero) is 3. The van der Waals surface area contributed by atoms with Crippen LogP contribution in [-0.2, 0) is 14.4 Å². The Labute approximate surface area is 134 Å². The minimum Gasteiger partial charge on any atom is -0.300 e. The van der Waals surface area contributed by atoms with Crippen LogP contribution in [0.25, 0.3) is 0 Å². The fourth-order valence-electron chi connectivity index (χ4n) is 2.15. The lowest BCUT2D eigenvalue weighted by molar-refractivity contribution is -0.126. The molecule has 0 saturated carbocycles. The third-order valence-corrected chi connectivity index (χ3v) is 3.59. The number of unbranched alkanes of at least 4 members (excludes halogenated alkanes) is 4. The molecule has 0 aromatic carbocycles. The van der Waals surface area contributed by atoms with Gasteiger partial charge in [-0.2, -0.15) is 0 Å². The molecule has 0 amide bonds. The molecule has 3 nitrogen and oxygen atoms in total. The molecule has 0 bridgehead atoms. The summed E-state index contributed by atoms with van der Waals surface area (Å²) in [6.07, 6.45) is 11.5. The van der Waals surface area contributed by atoms with Crippen LogP contribution in [0, 0.1) is 0 Å². The first-order valence-corrected chi connectivity index (χ1v) is 8.37. The molecule has 124 valence electrons. The summed E-state index contributed by atoms with van der Waals surface area (Å²) in [5.74, 6) is 0.320. The summed E-state index contributed by atoms with van der Waals surface area (Å²) in [5, 5.41) is 0. The van der Waals surface area contributed by atoms with Gasteiger partial charge in [0.1, 0.15) is 17.3 Å². The molecular formula is C19H30O3. The summed E-state index contributed by atoms with van der Waals surface area (Å²) >= 11 is 0. The highest BCUT2D eigenvalue weighted by molar-refractivity contribution is 5.89. The standard InChI is InChI=1S/C19H30O3/c1-3-5-7-9-11-17(20)13-15-19(22)16-14-18(21)12-10-8-6-4-2/h3-4H,1-2,5-16H2. The number of hydrogen-bond acceptors (Lipinski definition) is 3. The predicted octanol–water partition coefficient (Wildman–Crippen LogP) is 4.75. The van der Waals surface area contributed by atoms with Gasteiger partial charge in [0.25, 0.3) is 0 Å². The lowest BCUT2D eigenvalue weighted by Gasteiger charge is -2.02. The van der Waals surface area contributed by atoms with E-state index < -0.39 is 0 Å². The van der Waals surface area contributed by atoms with Crippen LogP contribution in [0.15, 0.2) is 25.3 Å². The van der Waals surface area contributed by atoms with Gasteiger partial charge >= 0.3 is 0 Å². The fourth-order valence-corrected chi connectivity index (χ4v) is 2.15. The van der Waals surface area contributed by atoms with Crippen molar-refractivity contribution in [3.05, 3.63) is 25.3 Å². The first kappa shape index (κ1) is 20.5. The zero-order valence-corrected chi connectivity index (χ0v) is 13.8. The molecule has 0 atom stereocenters. The van der Waals surface area contributed by atoms with Crippen LogP contribution in [0.5, 0.6) is 0 Å². The fraction of sp³-hybridized carbons (Fsp3) is 0.632. The Hall–Kier alpha value is -1.51. The van der Waals surface area contributed by atoms with Crippen LogP contribution in [0.3, 0.4) is 0 Å². The minimum absolute atomic E-state index is 0.0267. The van der Waals surface area contributed by atoms with Crippen LogP contribution < -0.4 is 0 Å². The Morgan fingerprint density at radius 2 is 0.864 bits per heavy atom. The summed E-state index contributed by atoms with van der Waals surface area (Å²) in [5.41, 5.74) is 0. The quantitative estimate of drug-likeness (QED) is 0.305. The van der Waals surface area contributed by atoms with Crippen molar-refractivity contribution in [3.63, 3.8) is 0 Å². The molecular weight excluding hydrogens is 276 g/mol. The number of carbonyl (C=O) groups excluding carboxylic acids is 3. The second-order valence-electron chi connectivity index (χ2n) is 5.68. The molecule has 0 unspecified atom stereocenters. The molecule has 0 saturated heterocycles. The van der Waals surface area contributed by atoms with Gasteiger partial charge < -0.3 is 0 Å². The number of rotatable bonds is 16. The first-order chi connectivity index (χ1) is 10.6. The normalized spacial score (nSPS) is 10.2. The molecule has 0 aliphatic heterocycles. The molecule has 22 heavy (non-hydrogen) atoms. The van der Waals surface area contributed by atoms with Gasteiger partial charge in [0.15, 0.2) is 0 Å². The van der Waals surface area contributed by atoms with Gasteiger partial charge in [-0.15, -0.1) is 13.2 Å². The Morgan fingerprint density at radius 1 is 0.545 bits per heavy atom. The molecule has 0 heterocycles. The van der Waals surface area contributed by atoms with Crippen molar-refractivity contribution >= 4 is 17.3 Å². The van der Waals surface area contributed by atoms with Crippen molar-refractivity contribution in [2.24, 2.45) is 0 Å². The molecule has 0 aliphatic rings. The summed E-state index contributed by atoms with van der Waals surface area (Å²) in [6.45, 7) is 7.28. The van der Waals surface area contributed by atoms with E-state index in [1.807, 2.05) is 12.2 Å². The summed E-state index contributed by atoms with van der Waals surface area (Å²) < 4.78 is 0. The smallest absolute Gasteiger partial charge is 0.133 e. The summed E-state index contributed by atoms with van der Waals surface area (Å²) in [6, 6.07) is 0. The van der Waals surface area contributed by atoms with E-state index in [-0.39, 0.29) is 30.2 Å². The van der Waals surface area contributed by atoms with Gasteiger partial charge in [0, 0.05) is 38.5 Å².